The molecule has 104 valence electrons. The number of rotatable bonds is 7. The number of ether oxygens (including phenoxy) is 1. The molecule has 2 aromatic carbocycles. The number of benzene rings is 2. The molecule has 0 bridgehead atoms. The first kappa shape index (κ1) is 14.4. The van der Waals surface area contributed by atoms with Crippen molar-refractivity contribution in [2.75, 3.05) is 6.61 Å². The van der Waals surface area contributed by atoms with Crippen LogP contribution in [0.15, 0.2) is 67.3 Å². The van der Waals surface area contributed by atoms with Crippen LogP contribution in [-0.4, -0.2) is 6.61 Å². The van der Waals surface area contributed by atoms with Gasteiger partial charge in [-0.25, -0.2) is 0 Å². The highest BCUT2D eigenvalue weighted by Gasteiger charge is 2.10. The second-order valence-electron chi connectivity index (χ2n) is 4.85. The number of nitrogens with two attached hydrogens (primary N) is 1. The van der Waals surface area contributed by atoms with Crippen molar-refractivity contribution in [3.63, 3.8) is 0 Å². The van der Waals surface area contributed by atoms with Crippen molar-refractivity contribution < 1.29 is 10.1 Å². The van der Waals surface area contributed by atoms with Gasteiger partial charge in [-0.1, -0.05) is 55.1 Å². The normalized spacial score (nSPS) is 11.8. The SMILES string of the molecule is C=CCOc1ccccc1C[NH2+][C@@H](C)c1ccccc1. The van der Waals surface area contributed by atoms with E-state index in [1.807, 2.05) is 12.1 Å². The van der Waals surface area contributed by atoms with Crippen LogP contribution in [0.5, 0.6) is 5.75 Å². The maximum absolute atomic E-state index is 5.69. The zero-order chi connectivity index (χ0) is 14.2. The third kappa shape index (κ3) is 3.97. The van der Waals surface area contributed by atoms with Gasteiger partial charge in [-0.3, -0.25) is 0 Å². The molecule has 2 N–H and O–H groups in total. The summed E-state index contributed by atoms with van der Waals surface area (Å²) in [6.07, 6.45) is 1.77. The van der Waals surface area contributed by atoms with E-state index in [4.69, 9.17) is 4.74 Å². The second kappa shape index (κ2) is 7.51. The average molecular weight is 268 g/mol. The van der Waals surface area contributed by atoms with Crippen molar-refractivity contribution in [1.29, 1.82) is 0 Å². The van der Waals surface area contributed by atoms with E-state index in [-0.39, 0.29) is 0 Å². The lowest BCUT2D eigenvalue weighted by molar-refractivity contribution is -0.708. The van der Waals surface area contributed by atoms with E-state index in [0.717, 1.165) is 12.3 Å². The van der Waals surface area contributed by atoms with Gasteiger partial charge in [-0.05, 0) is 19.1 Å². The van der Waals surface area contributed by atoms with Gasteiger partial charge < -0.3 is 10.1 Å². The Balaban J connectivity index is 1.98. The summed E-state index contributed by atoms with van der Waals surface area (Å²) in [7, 11) is 0. The molecule has 0 amide bonds. The van der Waals surface area contributed by atoms with Crippen LogP contribution in [0.3, 0.4) is 0 Å². The molecule has 2 aromatic rings. The van der Waals surface area contributed by atoms with Crippen molar-refractivity contribution in [3.8, 4) is 5.75 Å². The molecule has 1 atom stereocenters. The minimum Gasteiger partial charge on any atom is -0.489 e. The number of hydrogen-bond donors (Lipinski definition) is 1. The summed E-state index contributed by atoms with van der Waals surface area (Å²) in [6.45, 7) is 7.36. The van der Waals surface area contributed by atoms with Gasteiger partial charge in [0, 0.05) is 11.1 Å². The molecule has 0 aliphatic heterocycles. The van der Waals surface area contributed by atoms with Crippen molar-refractivity contribution in [2.24, 2.45) is 0 Å². The van der Waals surface area contributed by atoms with E-state index in [1.165, 1.54) is 11.1 Å². The first-order chi connectivity index (χ1) is 9.81. The lowest BCUT2D eigenvalue weighted by atomic mass is 10.1. The van der Waals surface area contributed by atoms with Crippen LogP contribution < -0.4 is 10.1 Å². The molecule has 0 spiro atoms. The van der Waals surface area contributed by atoms with Gasteiger partial charge in [-0.2, -0.15) is 0 Å². The summed E-state index contributed by atoms with van der Waals surface area (Å²) in [6, 6.07) is 19.2. The first-order valence-corrected chi connectivity index (χ1v) is 7.01. The molecule has 0 saturated heterocycles. The largest absolute Gasteiger partial charge is 0.489 e. The topological polar surface area (TPSA) is 25.8 Å². The quantitative estimate of drug-likeness (QED) is 0.767. The maximum atomic E-state index is 5.69. The Bertz CT molecular complexity index is 536. The Morgan fingerprint density at radius 2 is 1.80 bits per heavy atom. The van der Waals surface area contributed by atoms with Crippen LogP contribution in [0.4, 0.5) is 0 Å². The minimum atomic E-state index is 0.434. The Kier molecular flexibility index (Phi) is 5.39. The summed E-state index contributed by atoms with van der Waals surface area (Å²) in [4.78, 5) is 0. The Labute approximate surface area is 121 Å². The van der Waals surface area contributed by atoms with E-state index < -0.39 is 0 Å². The van der Waals surface area contributed by atoms with Gasteiger partial charge in [0.25, 0.3) is 0 Å². The summed E-state index contributed by atoms with van der Waals surface area (Å²) in [5.74, 6) is 0.948. The Morgan fingerprint density at radius 3 is 2.55 bits per heavy atom. The molecule has 0 aromatic heterocycles. The highest BCUT2D eigenvalue weighted by atomic mass is 16.5. The smallest absolute Gasteiger partial charge is 0.128 e. The Hall–Kier alpha value is -2.06. The third-order valence-electron chi connectivity index (χ3n) is 3.35. The molecular formula is C18H22NO+. The van der Waals surface area contributed by atoms with Crippen molar-refractivity contribution in [3.05, 3.63) is 78.4 Å². The van der Waals surface area contributed by atoms with Crippen LogP contribution in [-0.2, 0) is 6.54 Å². The fourth-order valence-corrected chi connectivity index (χ4v) is 2.16. The molecule has 0 fully saturated rings. The molecule has 0 aliphatic carbocycles. The van der Waals surface area contributed by atoms with Crippen molar-refractivity contribution in [2.45, 2.75) is 19.5 Å². The summed E-state index contributed by atoms with van der Waals surface area (Å²) in [5.41, 5.74) is 2.56. The van der Waals surface area contributed by atoms with Crippen molar-refractivity contribution >= 4 is 0 Å². The summed E-state index contributed by atoms with van der Waals surface area (Å²) >= 11 is 0. The fraction of sp³-hybridized carbons (Fsp3) is 0.222. The van der Waals surface area contributed by atoms with E-state index >= 15 is 0 Å². The van der Waals surface area contributed by atoms with Crippen LogP contribution in [0.25, 0.3) is 0 Å². The molecule has 2 heteroatoms. The summed E-state index contributed by atoms with van der Waals surface area (Å²) < 4.78 is 5.69. The molecule has 2 nitrogen and oxygen atoms in total. The molecule has 2 rings (SSSR count). The van der Waals surface area contributed by atoms with Gasteiger partial charge in [0.15, 0.2) is 0 Å². The van der Waals surface area contributed by atoms with Crippen LogP contribution in [0.2, 0.25) is 0 Å². The van der Waals surface area contributed by atoms with E-state index in [1.54, 1.807) is 6.08 Å². The van der Waals surface area contributed by atoms with Crippen molar-refractivity contribution in [1.82, 2.24) is 0 Å². The van der Waals surface area contributed by atoms with Gasteiger partial charge in [0.2, 0.25) is 0 Å². The van der Waals surface area contributed by atoms with Gasteiger partial charge >= 0.3 is 0 Å². The Morgan fingerprint density at radius 1 is 1.10 bits per heavy atom. The highest BCUT2D eigenvalue weighted by Crippen LogP contribution is 2.17. The monoisotopic (exact) mass is 268 g/mol. The van der Waals surface area contributed by atoms with Crippen LogP contribution >= 0.6 is 0 Å². The number of hydrogen-bond acceptors (Lipinski definition) is 1. The molecule has 0 unspecified atom stereocenters. The average Bonchev–Trinajstić information content (AvgIpc) is 2.52. The highest BCUT2D eigenvalue weighted by molar-refractivity contribution is 5.32. The van der Waals surface area contributed by atoms with Gasteiger partial charge in [-0.15, -0.1) is 0 Å². The van der Waals surface area contributed by atoms with E-state index in [0.29, 0.717) is 12.6 Å². The lowest BCUT2D eigenvalue weighted by Gasteiger charge is -2.13. The maximum Gasteiger partial charge on any atom is 0.128 e. The molecule has 20 heavy (non-hydrogen) atoms. The fourth-order valence-electron chi connectivity index (χ4n) is 2.16. The zero-order valence-corrected chi connectivity index (χ0v) is 12.0. The third-order valence-corrected chi connectivity index (χ3v) is 3.35. The molecule has 0 heterocycles. The van der Waals surface area contributed by atoms with E-state index in [9.17, 15) is 0 Å². The van der Waals surface area contributed by atoms with Gasteiger partial charge in [0.05, 0.1) is 0 Å². The summed E-state index contributed by atoms with van der Waals surface area (Å²) in [5, 5.41) is 2.32. The van der Waals surface area contributed by atoms with Crippen LogP contribution in [0, 0.1) is 0 Å². The number of quaternary nitrogens is 1. The lowest BCUT2D eigenvalue weighted by Crippen LogP contribution is -2.83. The minimum absolute atomic E-state index is 0.434. The first-order valence-electron chi connectivity index (χ1n) is 7.01. The predicted octanol–water partition coefficient (Wildman–Crippen LogP) is 3.08. The number of para-hydroxylation sites is 1. The molecule has 0 radical (unpaired) electrons. The molecule has 0 aliphatic rings. The van der Waals surface area contributed by atoms with E-state index in [2.05, 4.69) is 61.3 Å². The molecular weight excluding hydrogens is 246 g/mol. The van der Waals surface area contributed by atoms with Gasteiger partial charge in [0.1, 0.15) is 24.9 Å². The second-order valence-corrected chi connectivity index (χ2v) is 4.85. The van der Waals surface area contributed by atoms with Crippen LogP contribution in [0.1, 0.15) is 24.1 Å². The standard InChI is InChI=1S/C18H21NO/c1-3-13-20-18-12-8-7-11-17(18)14-19-15(2)16-9-5-4-6-10-16/h3-12,15,19H,1,13-14H2,2H3/p+1/t15-/m0/s1. The predicted molar refractivity (Wildman–Crippen MR) is 82.6 cm³/mol. The molecule has 0 saturated carbocycles. The zero-order valence-electron chi connectivity index (χ0n) is 12.0.